The summed E-state index contributed by atoms with van der Waals surface area (Å²) in [5.74, 6) is 1.10. The largest absolute Gasteiger partial charge is 0.872 e. The van der Waals surface area contributed by atoms with Gasteiger partial charge in [0, 0.05) is 33.0 Å². The van der Waals surface area contributed by atoms with E-state index in [1.165, 1.54) is 11.0 Å². The van der Waals surface area contributed by atoms with Crippen LogP contribution in [0.5, 0.6) is 11.5 Å². The number of quaternary nitrogens is 1. The van der Waals surface area contributed by atoms with Crippen LogP contribution in [-0.2, 0) is 6.54 Å². The van der Waals surface area contributed by atoms with Gasteiger partial charge in [0.05, 0.1) is 18.7 Å². The van der Waals surface area contributed by atoms with Gasteiger partial charge in [0.15, 0.2) is 5.76 Å². The lowest BCUT2D eigenvalue weighted by Crippen LogP contribution is -3.11. The van der Waals surface area contributed by atoms with Crippen LogP contribution in [0.15, 0.2) is 36.1 Å². The van der Waals surface area contributed by atoms with Gasteiger partial charge in [-0.05, 0) is 24.3 Å². The summed E-state index contributed by atoms with van der Waals surface area (Å²) in [6, 6.07) is 8.15. The molecule has 2 aromatic rings. The minimum absolute atomic E-state index is 0.108. The van der Waals surface area contributed by atoms with Crippen LogP contribution in [0.2, 0.25) is 10.0 Å². The first-order valence-electron chi connectivity index (χ1n) is 10.2. The molecule has 3 rings (SSSR count). The molecule has 30 heavy (non-hydrogen) atoms. The molecule has 0 saturated carbocycles. The standard InChI is InChI=1S/C24H27Cl2NO3/c1-14(2)11-27(12-15(3)4)13-18-21(28)9-8-16-23(29)22(30-24(16)18)10-17-19(25)6-5-7-20(17)26/h5-10,14-15,28H,11-13H2,1-4H3/b22-10-. The second kappa shape index (κ2) is 9.42. The monoisotopic (exact) mass is 447 g/mol. The van der Waals surface area contributed by atoms with Crippen LogP contribution in [0, 0.1) is 11.8 Å². The van der Waals surface area contributed by atoms with Crippen LogP contribution in [0.1, 0.15) is 49.2 Å². The van der Waals surface area contributed by atoms with E-state index in [4.69, 9.17) is 27.9 Å². The van der Waals surface area contributed by atoms with Crippen LogP contribution in [0.4, 0.5) is 0 Å². The molecule has 0 amide bonds. The molecule has 1 heterocycles. The first-order valence-corrected chi connectivity index (χ1v) is 11.0. The second-order valence-corrected chi connectivity index (χ2v) is 9.43. The summed E-state index contributed by atoms with van der Waals surface area (Å²) in [6.45, 7) is 11.1. The molecular weight excluding hydrogens is 421 g/mol. The summed E-state index contributed by atoms with van der Waals surface area (Å²) >= 11 is 12.5. The molecule has 0 atom stereocenters. The predicted octanol–water partition coefficient (Wildman–Crippen LogP) is 4.38. The third-order valence-electron chi connectivity index (χ3n) is 4.99. The number of nitrogens with one attached hydrogen (secondary N) is 1. The van der Waals surface area contributed by atoms with Gasteiger partial charge in [0.1, 0.15) is 12.3 Å². The van der Waals surface area contributed by atoms with Crippen molar-refractivity contribution in [2.75, 3.05) is 13.1 Å². The Kier molecular flexibility index (Phi) is 7.12. The van der Waals surface area contributed by atoms with Crippen molar-refractivity contribution in [2.24, 2.45) is 11.8 Å². The number of ether oxygens (including phenoxy) is 1. The molecule has 0 saturated heterocycles. The maximum absolute atomic E-state index is 12.9. The van der Waals surface area contributed by atoms with Gasteiger partial charge in [-0.1, -0.05) is 68.8 Å². The average Bonchev–Trinajstić information content (AvgIpc) is 2.95. The summed E-state index contributed by atoms with van der Waals surface area (Å²) in [5, 5.41) is 13.6. The van der Waals surface area contributed by atoms with E-state index < -0.39 is 0 Å². The van der Waals surface area contributed by atoms with E-state index in [1.54, 1.807) is 30.3 Å². The summed E-state index contributed by atoms with van der Waals surface area (Å²) < 4.78 is 5.94. The Morgan fingerprint density at radius 3 is 2.20 bits per heavy atom. The molecule has 4 nitrogen and oxygen atoms in total. The Balaban J connectivity index is 1.97. The van der Waals surface area contributed by atoms with E-state index in [-0.39, 0.29) is 17.3 Å². The minimum Gasteiger partial charge on any atom is -0.872 e. The highest BCUT2D eigenvalue weighted by molar-refractivity contribution is 6.37. The van der Waals surface area contributed by atoms with Gasteiger partial charge in [-0.3, -0.25) is 4.79 Å². The number of fused-ring (bicyclic) bond motifs is 1. The third-order valence-corrected chi connectivity index (χ3v) is 5.65. The molecule has 0 bridgehead atoms. The number of Topliss-reactive ketones (excluding diaryl/α,β-unsaturated/α-hetero) is 1. The summed E-state index contributed by atoms with van der Waals surface area (Å²) in [4.78, 5) is 14.2. The van der Waals surface area contributed by atoms with Crippen LogP contribution in [0.25, 0.3) is 6.08 Å². The van der Waals surface area contributed by atoms with Crippen molar-refractivity contribution in [1.29, 1.82) is 0 Å². The Morgan fingerprint density at radius 1 is 1.03 bits per heavy atom. The zero-order chi connectivity index (χ0) is 22.0. The van der Waals surface area contributed by atoms with Gasteiger partial charge < -0.3 is 14.7 Å². The molecule has 160 valence electrons. The van der Waals surface area contributed by atoms with E-state index in [1.807, 2.05) is 0 Å². The molecule has 1 aliphatic heterocycles. The van der Waals surface area contributed by atoms with Crippen molar-refractivity contribution >= 4 is 35.1 Å². The van der Waals surface area contributed by atoms with Crippen molar-refractivity contribution in [3.05, 3.63) is 62.8 Å². The Morgan fingerprint density at radius 2 is 1.63 bits per heavy atom. The summed E-state index contributed by atoms with van der Waals surface area (Å²) in [5.41, 5.74) is 1.48. The van der Waals surface area contributed by atoms with Gasteiger partial charge in [-0.25, -0.2) is 0 Å². The van der Waals surface area contributed by atoms with Crippen molar-refractivity contribution in [1.82, 2.24) is 0 Å². The molecule has 0 unspecified atom stereocenters. The lowest BCUT2D eigenvalue weighted by Gasteiger charge is -2.26. The highest BCUT2D eigenvalue weighted by Gasteiger charge is 2.31. The van der Waals surface area contributed by atoms with Crippen LogP contribution in [-0.4, -0.2) is 18.9 Å². The van der Waals surface area contributed by atoms with E-state index in [0.717, 1.165) is 13.1 Å². The number of carbonyl (C=O) groups is 1. The predicted molar refractivity (Wildman–Crippen MR) is 119 cm³/mol. The van der Waals surface area contributed by atoms with Gasteiger partial charge >= 0.3 is 0 Å². The number of benzene rings is 2. The zero-order valence-corrected chi connectivity index (χ0v) is 19.2. The molecule has 0 aliphatic carbocycles. The van der Waals surface area contributed by atoms with Crippen molar-refractivity contribution in [2.45, 2.75) is 34.2 Å². The molecule has 1 aliphatic rings. The number of rotatable bonds is 7. The molecule has 1 N–H and O–H groups in total. The first-order chi connectivity index (χ1) is 14.2. The van der Waals surface area contributed by atoms with Gasteiger partial charge in [0.2, 0.25) is 5.78 Å². The van der Waals surface area contributed by atoms with Crippen molar-refractivity contribution < 1.29 is 19.5 Å². The first kappa shape index (κ1) is 22.7. The van der Waals surface area contributed by atoms with E-state index in [2.05, 4.69) is 27.7 Å². The molecule has 0 fully saturated rings. The minimum atomic E-state index is -0.267. The van der Waals surface area contributed by atoms with Crippen LogP contribution < -0.4 is 14.7 Å². The van der Waals surface area contributed by atoms with E-state index in [9.17, 15) is 9.90 Å². The fourth-order valence-electron chi connectivity index (χ4n) is 3.87. The lowest BCUT2D eigenvalue weighted by atomic mass is 10.0. The zero-order valence-electron chi connectivity index (χ0n) is 17.7. The number of halogens is 2. The molecule has 0 radical (unpaired) electrons. The maximum Gasteiger partial charge on any atom is 0.231 e. The molecule has 6 heteroatoms. The summed E-state index contributed by atoms with van der Waals surface area (Å²) in [7, 11) is 0. The Labute approximate surface area is 188 Å². The highest BCUT2D eigenvalue weighted by Crippen LogP contribution is 2.39. The molecule has 0 spiro atoms. The number of hydrogen-bond acceptors (Lipinski definition) is 3. The smallest absolute Gasteiger partial charge is 0.231 e. The van der Waals surface area contributed by atoms with Crippen LogP contribution in [0.3, 0.4) is 0 Å². The number of carbonyl (C=O) groups excluding carboxylic acids is 1. The Bertz CT molecular complexity index is 952. The topological polar surface area (TPSA) is 53.8 Å². The SMILES string of the molecule is CC(C)C[NH+](Cc1c([O-])ccc2c1O/C(=C\c1c(Cl)cccc1Cl)C2=O)CC(C)C. The molecule has 2 aromatic carbocycles. The van der Waals surface area contributed by atoms with Gasteiger partial charge in [0.25, 0.3) is 0 Å². The number of hydrogen-bond donors (Lipinski definition) is 1. The second-order valence-electron chi connectivity index (χ2n) is 8.62. The highest BCUT2D eigenvalue weighted by atomic mass is 35.5. The quantitative estimate of drug-likeness (QED) is 0.640. The number of allylic oxidation sites excluding steroid dienone is 1. The normalized spacial score (nSPS) is 14.8. The fraction of sp³-hybridized carbons (Fsp3) is 0.375. The Hall–Kier alpha value is -2.01. The number of ketones is 1. The molecule has 0 aromatic heterocycles. The van der Waals surface area contributed by atoms with E-state index >= 15 is 0 Å². The third kappa shape index (κ3) is 5.00. The fourth-order valence-corrected chi connectivity index (χ4v) is 4.38. The molecular formula is C24H27Cl2NO3. The van der Waals surface area contributed by atoms with Crippen LogP contribution >= 0.6 is 23.2 Å². The van der Waals surface area contributed by atoms with Gasteiger partial charge in [-0.2, -0.15) is 0 Å². The van der Waals surface area contributed by atoms with Crippen molar-refractivity contribution in [3.8, 4) is 11.5 Å². The van der Waals surface area contributed by atoms with Crippen molar-refractivity contribution in [3.63, 3.8) is 0 Å². The lowest BCUT2D eigenvalue weighted by molar-refractivity contribution is -0.919. The average molecular weight is 448 g/mol. The van der Waals surface area contributed by atoms with Gasteiger partial charge in [-0.15, -0.1) is 0 Å². The summed E-state index contributed by atoms with van der Waals surface area (Å²) in [6.07, 6.45) is 1.55. The maximum atomic E-state index is 12.9. The van der Waals surface area contributed by atoms with E-state index in [0.29, 0.717) is 50.9 Å².